The molecule has 144 valence electrons. The molecule has 3 aromatic rings. The average Bonchev–Trinajstić information content (AvgIpc) is 3.08. The zero-order valence-electron chi connectivity index (χ0n) is 16.0. The Labute approximate surface area is 172 Å². The maximum atomic E-state index is 12.8. The molecule has 0 aliphatic heterocycles. The van der Waals surface area contributed by atoms with Crippen LogP contribution in [0.4, 0.5) is 5.00 Å². The zero-order valence-corrected chi connectivity index (χ0v) is 17.6. The number of carbonyl (C=O) groups is 1. The van der Waals surface area contributed by atoms with Gasteiger partial charge >= 0.3 is 0 Å². The number of rotatable bonds is 4. The van der Waals surface area contributed by atoms with Crippen molar-refractivity contribution in [1.82, 2.24) is 9.55 Å². The molecule has 4 rings (SSSR count). The number of amides is 1. The van der Waals surface area contributed by atoms with Crippen LogP contribution in [-0.4, -0.2) is 20.7 Å². The van der Waals surface area contributed by atoms with Crippen LogP contribution in [0.2, 0.25) is 0 Å². The number of hydrogen-bond acceptors (Lipinski definition) is 5. The maximum Gasteiger partial charge on any atom is 0.238 e. The second-order valence-corrected chi connectivity index (χ2v) is 9.48. The molecule has 2 aromatic heterocycles. The van der Waals surface area contributed by atoms with Crippen LogP contribution in [0, 0.1) is 11.3 Å². The Morgan fingerprint density at radius 3 is 2.89 bits per heavy atom. The Morgan fingerprint density at radius 2 is 2.11 bits per heavy atom. The van der Waals surface area contributed by atoms with Crippen molar-refractivity contribution in [3.63, 3.8) is 0 Å². The Kier molecular flexibility index (Phi) is 5.42. The molecular formula is C21H22N4OS2. The summed E-state index contributed by atoms with van der Waals surface area (Å²) < 4.78 is 2.01. The number of anilines is 1. The van der Waals surface area contributed by atoms with Crippen LogP contribution in [0.15, 0.2) is 29.4 Å². The largest absolute Gasteiger partial charge is 0.322 e. The highest BCUT2D eigenvalue weighted by Crippen LogP contribution is 2.37. The van der Waals surface area contributed by atoms with Crippen LogP contribution in [0.5, 0.6) is 0 Å². The number of nitriles is 1. The van der Waals surface area contributed by atoms with Crippen molar-refractivity contribution in [1.29, 1.82) is 5.26 Å². The monoisotopic (exact) mass is 410 g/mol. The van der Waals surface area contributed by atoms with Gasteiger partial charge in [0.05, 0.1) is 21.8 Å². The highest BCUT2D eigenvalue weighted by Gasteiger charge is 2.24. The molecule has 1 aliphatic rings. The first-order chi connectivity index (χ1) is 13.6. The smallest absolute Gasteiger partial charge is 0.238 e. The van der Waals surface area contributed by atoms with Crippen LogP contribution < -0.4 is 5.32 Å². The fourth-order valence-corrected chi connectivity index (χ4v) is 5.74. The van der Waals surface area contributed by atoms with E-state index in [0.29, 0.717) is 10.6 Å². The van der Waals surface area contributed by atoms with Gasteiger partial charge < -0.3 is 9.88 Å². The quantitative estimate of drug-likeness (QED) is 0.491. The predicted octanol–water partition coefficient (Wildman–Crippen LogP) is 4.89. The SMILES string of the molecule is CC(Sc1nc2ccccc2n1C)C(=O)Nc1sc2c(c1C#N)CCCCC2. The average molecular weight is 411 g/mol. The molecule has 0 bridgehead atoms. The van der Waals surface area contributed by atoms with Gasteiger partial charge in [0.1, 0.15) is 11.1 Å². The number of thiophene rings is 1. The van der Waals surface area contributed by atoms with E-state index in [1.165, 1.54) is 23.1 Å². The molecule has 5 nitrogen and oxygen atoms in total. The van der Waals surface area contributed by atoms with E-state index in [9.17, 15) is 10.1 Å². The molecule has 0 radical (unpaired) electrons. The molecule has 1 aromatic carbocycles. The molecule has 28 heavy (non-hydrogen) atoms. The first kappa shape index (κ1) is 19.0. The van der Waals surface area contributed by atoms with E-state index in [1.807, 2.05) is 42.8 Å². The van der Waals surface area contributed by atoms with Crippen LogP contribution in [-0.2, 0) is 24.7 Å². The van der Waals surface area contributed by atoms with Gasteiger partial charge in [0.2, 0.25) is 5.91 Å². The highest BCUT2D eigenvalue weighted by atomic mass is 32.2. The van der Waals surface area contributed by atoms with Crippen molar-refractivity contribution in [2.45, 2.75) is 49.4 Å². The van der Waals surface area contributed by atoms with Crippen LogP contribution in [0.1, 0.15) is 42.2 Å². The minimum Gasteiger partial charge on any atom is -0.322 e. The summed E-state index contributed by atoms with van der Waals surface area (Å²) in [4.78, 5) is 18.7. The number of thioether (sulfide) groups is 1. The van der Waals surface area contributed by atoms with E-state index in [4.69, 9.17) is 0 Å². The number of hydrogen-bond donors (Lipinski definition) is 1. The predicted molar refractivity (Wildman–Crippen MR) is 115 cm³/mol. The van der Waals surface area contributed by atoms with Crippen molar-refractivity contribution in [3.05, 3.63) is 40.3 Å². The number of imidazole rings is 1. The molecule has 1 aliphatic carbocycles. The number of para-hydroxylation sites is 2. The lowest BCUT2D eigenvalue weighted by Gasteiger charge is -2.11. The first-order valence-corrected chi connectivity index (χ1v) is 11.2. The lowest BCUT2D eigenvalue weighted by molar-refractivity contribution is -0.115. The third-order valence-electron chi connectivity index (χ3n) is 5.17. The second-order valence-electron chi connectivity index (χ2n) is 7.07. The molecule has 7 heteroatoms. The van der Waals surface area contributed by atoms with Crippen LogP contribution >= 0.6 is 23.1 Å². The van der Waals surface area contributed by atoms with E-state index in [1.54, 1.807) is 11.3 Å². The number of aromatic nitrogens is 2. The third kappa shape index (κ3) is 3.54. The number of fused-ring (bicyclic) bond motifs is 2. The highest BCUT2D eigenvalue weighted by molar-refractivity contribution is 8.00. The summed E-state index contributed by atoms with van der Waals surface area (Å²) in [6.07, 6.45) is 5.43. The molecule has 0 saturated carbocycles. The number of benzene rings is 1. The van der Waals surface area contributed by atoms with Crippen molar-refractivity contribution < 1.29 is 4.79 Å². The van der Waals surface area contributed by atoms with Crippen molar-refractivity contribution >= 4 is 45.0 Å². The van der Waals surface area contributed by atoms with Crippen LogP contribution in [0.3, 0.4) is 0 Å². The van der Waals surface area contributed by atoms with E-state index in [2.05, 4.69) is 16.4 Å². The molecule has 1 atom stereocenters. The molecule has 1 unspecified atom stereocenters. The topological polar surface area (TPSA) is 70.7 Å². The standard InChI is InChI=1S/C21H22N4OS2/c1-13(27-21-23-16-9-6-7-10-17(16)25(21)2)19(26)24-20-15(12-22)14-8-4-3-5-11-18(14)28-20/h6-7,9-10,13H,3-5,8,11H2,1-2H3,(H,24,26). The molecular weight excluding hydrogens is 388 g/mol. The van der Waals surface area contributed by atoms with Gasteiger partial charge in [-0.3, -0.25) is 4.79 Å². The first-order valence-electron chi connectivity index (χ1n) is 9.52. The molecule has 2 heterocycles. The third-order valence-corrected chi connectivity index (χ3v) is 7.52. The van der Waals surface area contributed by atoms with Gasteiger partial charge in [0, 0.05) is 11.9 Å². The fraction of sp³-hybridized carbons (Fsp3) is 0.381. The van der Waals surface area contributed by atoms with Gasteiger partial charge in [-0.15, -0.1) is 11.3 Å². The number of carbonyl (C=O) groups excluding carboxylic acids is 1. The molecule has 0 fully saturated rings. The minimum absolute atomic E-state index is 0.0926. The maximum absolute atomic E-state index is 12.8. The Balaban J connectivity index is 1.52. The Bertz CT molecular complexity index is 1080. The lowest BCUT2D eigenvalue weighted by Crippen LogP contribution is -2.22. The number of aryl methyl sites for hydroxylation is 2. The van der Waals surface area contributed by atoms with Crippen molar-refractivity contribution in [2.75, 3.05) is 5.32 Å². The van der Waals surface area contributed by atoms with E-state index < -0.39 is 0 Å². The fourth-order valence-electron chi connectivity index (χ4n) is 3.60. The van der Waals surface area contributed by atoms with Gasteiger partial charge in [-0.05, 0) is 50.3 Å². The van der Waals surface area contributed by atoms with E-state index in [-0.39, 0.29) is 11.2 Å². The number of nitrogens with zero attached hydrogens (tertiary/aromatic N) is 3. The van der Waals surface area contributed by atoms with E-state index in [0.717, 1.165) is 47.4 Å². The summed E-state index contributed by atoms with van der Waals surface area (Å²) in [5.74, 6) is -0.0926. The summed E-state index contributed by atoms with van der Waals surface area (Å²) in [5.41, 5.74) is 3.78. The van der Waals surface area contributed by atoms with Crippen molar-refractivity contribution in [3.8, 4) is 6.07 Å². The Hall–Kier alpha value is -2.30. The van der Waals surface area contributed by atoms with Crippen molar-refractivity contribution in [2.24, 2.45) is 7.05 Å². The zero-order chi connectivity index (χ0) is 19.7. The summed E-state index contributed by atoms with van der Waals surface area (Å²) in [5, 5.41) is 13.9. The lowest BCUT2D eigenvalue weighted by atomic mass is 10.1. The van der Waals surface area contributed by atoms with Gasteiger partial charge in [-0.1, -0.05) is 30.3 Å². The normalized spacial score (nSPS) is 14.9. The molecule has 0 spiro atoms. The summed E-state index contributed by atoms with van der Waals surface area (Å²) >= 11 is 3.01. The van der Waals surface area contributed by atoms with Gasteiger partial charge in [0.25, 0.3) is 0 Å². The molecule has 1 N–H and O–H groups in total. The van der Waals surface area contributed by atoms with Gasteiger partial charge in [-0.25, -0.2) is 4.98 Å². The summed E-state index contributed by atoms with van der Waals surface area (Å²) in [7, 11) is 1.96. The minimum atomic E-state index is -0.316. The van der Waals surface area contributed by atoms with Gasteiger partial charge in [0.15, 0.2) is 5.16 Å². The van der Waals surface area contributed by atoms with E-state index >= 15 is 0 Å². The van der Waals surface area contributed by atoms with Crippen LogP contribution in [0.25, 0.3) is 11.0 Å². The summed E-state index contributed by atoms with van der Waals surface area (Å²) in [6.45, 7) is 1.88. The summed E-state index contributed by atoms with van der Waals surface area (Å²) in [6, 6.07) is 10.3. The Morgan fingerprint density at radius 1 is 1.32 bits per heavy atom. The molecule has 0 saturated heterocycles. The molecule has 1 amide bonds. The number of nitrogens with one attached hydrogen (secondary N) is 1. The second kappa shape index (κ2) is 7.98. The van der Waals surface area contributed by atoms with Gasteiger partial charge in [-0.2, -0.15) is 5.26 Å².